The molecule has 170 valence electrons. The number of hydrogen-bond acceptors (Lipinski definition) is 10. The van der Waals surface area contributed by atoms with E-state index in [1.54, 1.807) is 21.0 Å². The molecule has 0 aromatic heterocycles. The Kier molecular flexibility index (Phi) is 7.88. The van der Waals surface area contributed by atoms with Gasteiger partial charge >= 0.3 is 0 Å². The van der Waals surface area contributed by atoms with Crippen LogP contribution in [0.15, 0.2) is 0 Å². The highest BCUT2D eigenvalue weighted by Crippen LogP contribution is 2.32. The van der Waals surface area contributed by atoms with Crippen LogP contribution in [0.25, 0.3) is 0 Å². The highest BCUT2D eigenvalue weighted by Gasteiger charge is 2.45. The lowest BCUT2D eigenvalue weighted by Crippen LogP contribution is -2.56. The van der Waals surface area contributed by atoms with Crippen LogP contribution in [0.5, 0.6) is 0 Å². The highest BCUT2D eigenvalue weighted by atomic mass is 16.7. The van der Waals surface area contributed by atoms with E-state index >= 15 is 0 Å². The van der Waals surface area contributed by atoms with E-state index in [-0.39, 0.29) is 18.9 Å². The average Bonchev–Trinajstić information content (AvgIpc) is 2.64. The van der Waals surface area contributed by atoms with Crippen LogP contribution < -0.4 is 0 Å². The molecule has 3 heterocycles. The first-order valence-corrected chi connectivity index (χ1v) is 10.2. The number of hydrogen-bond donors (Lipinski definition) is 4. The third-order valence-electron chi connectivity index (χ3n) is 5.87. The molecule has 3 rings (SSSR count). The molecule has 10 nitrogen and oxygen atoms in total. The van der Waals surface area contributed by atoms with Crippen LogP contribution >= 0.6 is 0 Å². The van der Waals surface area contributed by atoms with Gasteiger partial charge in [-0.3, -0.25) is 0 Å². The van der Waals surface area contributed by atoms with Gasteiger partial charge in [-0.2, -0.15) is 0 Å². The van der Waals surface area contributed by atoms with Gasteiger partial charge in [0.25, 0.3) is 0 Å². The van der Waals surface area contributed by atoms with Gasteiger partial charge in [0.15, 0.2) is 18.9 Å². The highest BCUT2D eigenvalue weighted by molar-refractivity contribution is 4.88. The molecule has 29 heavy (non-hydrogen) atoms. The fourth-order valence-electron chi connectivity index (χ4n) is 4.21. The maximum absolute atomic E-state index is 10.2. The quantitative estimate of drug-likeness (QED) is 0.448. The van der Waals surface area contributed by atoms with Crippen molar-refractivity contribution in [1.29, 1.82) is 0 Å². The zero-order chi connectivity index (χ0) is 21.3. The predicted molar refractivity (Wildman–Crippen MR) is 97.6 cm³/mol. The number of rotatable bonds is 5. The van der Waals surface area contributed by atoms with E-state index in [0.29, 0.717) is 6.42 Å². The van der Waals surface area contributed by atoms with Crippen LogP contribution in [0.3, 0.4) is 0 Å². The lowest BCUT2D eigenvalue weighted by molar-refractivity contribution is -0.333. The van der Waals surface area contributed by atoms with Crippen LogP contribution in [0.1, 0.15) is 40.0 Å². The first-order valence-electron chi connectivity index (χ1n) is 10.2. The fourth-order valence-corrected chi connectivity index (χ4v) is 4.21. The summed E-state index contributed by atoms with van der Waals surface area (Å²) in [4.78, 5) is 0. The maximum atomic E-state index is 10.2. The molecule has 3 fully saturated rings. The minimum atomic E-state index is -1.01. The van der Waals surface area contributed by atoms with Crippen LogP contribution in [0.4, 0.5) is 0 Å². The molecule has 3 saturated heterocycles. The van der Waals surface area contributed by atoms with Crippen molar-refractivity contribution in [2.24, 2.45) is 0 Å². The Morgan fingerprint density at radius 2 is 1.28 bits per heavy atom. The van der Waals surface area contributed by atoms with Crippen molar-refractivity contribution in [3.05, 3.63) is 0 Å². The van der Waals surface area contributed by atoms with Crippen molar-refractivity contribution in [3.63, 3.8) is 0 Å². The number of methoxy groups -OCH3 is 1. The number of ether oxygens (including phenoxy) is 6. The topological polar surface area (TPSA) is 136 Å². The smallest absolute Gasteiger partial charge is 0.161 e. The molecule has 3 aliphatic heterocycles. The van der Waals surface area contributed by atoms with Gasteiger partial charge in [-0.15, -0.1) is 0 Å². The fraction of sp³-hybridized carbons (Fsp3) is 1.00. The molecule has 0 radical (unpaired) electrons. The van der Waals surface area contributed by atoms with Crippen molar-refractivity contribution in [3.8, 4) is 0 Å². The molecular formula is C19H34O10. The lowest BCUT2D eigenvalue weighted by atomic mass is 9.99. The van der Waals surface area contributed by atoms with Gasteiger partial charge in [-0.05, 0) is 20.8 Å². The second kappa shape index (κ2) is 9.82. The minimum Gasteiger partial charge on any atom is -0.390 e. The zero-order valence-corrected chi connectivity index (χ0v) is 17.3. The molecule has 0 bridgehead atoms. The molecular weight excluding hydrogens is 388 g/mol. The molecule has 0 amide bonds. The molecule has 0 aliphatic carbocycles. The molecule has 3 aliphatic rings. The zero-order valence-electron chi connectivity index (χ0n) is 17.3. The standard InChI is InChI=1S/C19H34O10/c1-8-17(23)11(20)6-15(26-8)29-19-10(3)27-16(7-13(19)24-4)28-18-9(2)25-14(22)5-12(18)21/h8-23H,5-7H2,1-4H3/t8-,9-,10-,11+,12+,13+,14-,15+,16+,17-,18-,19-/m1/s1. The van der Waals surface area contributed by atoms with Gasteiger partial charge < -0.3 is 48.8 Å². The van der Waals surface area contributed by atoms with Gasteiger partial charge in [0.05, 0.1) is 36.6 Å². The van der Waals surface area contributed by atoms with E-state index in [2.05, 4.69) is 0 Å². The van der Waals surface area contributed by atoms with Crippen molar-refractivity contribution in [2.75, 3.05) is 7.11 Å². The monoisotopic (exact) mass is 422 g/mol. The third-order valence-corrected chi connectivity index (χ3v) is 5.87. The van der Waals surface area contributed by atoms with Crippen molar-refractivity contribution in [1.82, 2.24) is 0 Å². The second-order valence-electron chi connectivity index (χ2n) is 8.15. The summed E-state index contributed by atoms with van der Waals surface area (Å²) >= 11 is 0. The van der Waals surface area contributed by atoms with Gasteiger partial charge in [-0.25, -0.2) is 0 Å². The molecule has 0 spiro atoms. The van der Waals surface area contributed by atoms with Crippen LogP contribution in [0.2, 0.25) is 0 Å². The maximum Gasteiger partial charge on any atom is 0.161 e. The predicted octanol–water partition coefficient (Wildman–Crippen LogP) is -0.748. The molecule has 0 unspecified atom stereocenters. The molecule has 12 atom stereocenters. The average molecular weight is 422 g/mol. The summed E-state index contributed by atoms with van der Waals surface area (Å²) in [6.07, 6.45) is -7.43. The van der Waals surface area contributed by atoms with E-state index < -0.39 is 67.7 Å². The van der Waals surface area contributed by atoms with E-state index in [9.17, 15) is 20.4 Å². The van der Waals surface area contributed by atoms with E-state index in [4.69, 9.17) is 28.4 Å². The van der Waals surface area contributed by atoms with Gasteiger partial charge in [0.1, 0.15) is 18.3 Å². The Morgan fingerprint density at radius 3 is 1.90 bits per heavy atom. The SMILES string of the molecule is CO[C@H]1C[C@H](O[C@H]2[C@@H](O)C[C@H](O)O[C@@H]2C)O[C@H](C)[C@H]1O[C@H]1C[C@H](O)[C@H](O)[C@@H](C)O1. The summed E-state index contributed by atoms with van der Waals surface area (Å²) in [5, 5.41) is 39.6. The summed E-state index contributed by atoms with van der Waals surface area (Å²) in [5.41, 5.74) is 0. The molecule has 10 heteroatoms. The van der Waals surface area contributed by atoms with Crippen LogP contribution in [-0.4, -0.2) is 101 Å². The first-order chi connectivity index (χ1) is 13.7. The first kappa shape index (κ1) is 23.3. The van der Waals surface area contributed by atoms with Gasteiger partial charge in [0, 0.05) is 26.4 Å². The summed E-state index contributed by atoms with van der Waals surface area (Å²) in [6, 6.07) is 0. The number of aliphatic hydroxyl groups is 4. The Morgan fingerprint density at radius 1 is 0.690 bits per heavy atom. The normalized spacial score (nSPS) is 51.7. The van der Waals surface area contributed by atoms with Crippen LogP contribution in [0, 0.1) is 0 Å². The Bertz CT molecular complexity index is 497. The molecule has 0 aromatic carbocycles. The Labute approximate surface area is 170 Å². The summed E-state index contributed by atoms with van der Waals surface area (Å²) in [6.45, 7) is 5.23. The van der Waals surface area contributed by atoms with E-state index in [0.717, 1.165) is 0 Å². The van der Waals surface area contributed by atoms with E-state index in [1.807, 2.05) is 6.92 Å². The van der Waals surface area contributed by atoms with E-state index in [1.165, 1.54) is 0 Å². The third kappa shape index (κ3) is 5.45. The molecule has 4 N–H and O–H groups in total. The molecule has 0 aromatic rings. The van der Waals surface area contributed by atoms with Gasteiger partial charge in [0.2, 0.25) is 0 Å². The Hall–Kier alpha value is -0.400. The van der Waals surface area contributed by atoms with Gasteiger partial charge in [-0.1, -0.05) is 0 Å². The van der Waals surface area contributed by atoms with Crippen molar-refractivity contribution >= 4 is 0 Å². The summed E-state index contributed by atoms with van der Waals surface area (Å²) < 4.78 is 34.5. The van der Waals surface area contributed by atoms with Crippen molar-refractivity contribution in [2.45, 2.75) is 114 Å². The van der Waals surface area contributed by atoms with Crippen molar-refractivity contribution < 1.29 is 48.8 Å². The summed E-state index contributed by atoms with van der Waals surface area (Å²) in [5.74, 6) is 0. The summed E-state index contributed by atoms with van der Waals surface area (Å²) in [7, 11) is 1.57. The lowest BCUT2D eigenvalue weighted by Gasteiger charge is -2.45. The number of aliphatic hydroxyl groups excluding tert-OH is 4. The minimum absolute atomic E-state index is 0.0715. The van der Waals surface area contributed by atoms with Crippen LogP contribution in [-0.2, 0) is 28.4 Å². The Balaban J connectivity index is 1.58. The molecule has 0 saturated carbocycles. The largest absolute Gasteiger partial charge is 0.390 e. The second-order valence-corrected chi connectivity index (χ2v) is 8.15.